The van der Waals surface area contributed by atoms with E-state index in [0.717, 1.165) is 16.8 Å². The van der Waals surface area contributed by atoms with Gasteiger partial charge in [-0.2, -0.15) is 0 Å². The summed E-state index contributed by atoms with van der Waals surface area (Å²) in [6.45, 7) is 4.86. The van der Waals surface area contributed by atoms with Gasteiger partial charge in [0.15, 0.2) is 0 Å². The second-order valence-electron chi connectivity index (χ2n) is 3.81. The van der Waals surface area contributed by atoms with Crippen LogP contribution in [0.3, 0.4) is 0 Å². The molecule has 0 radical (unpaired) electrons. The third kappa shape index (κ3) is 2.36. The summed E-state index contributed by atoms with van der Waals surface area (Å²) in [6.07, 6.45) is 1.74. The molecule has 1 aliphatic rings. The van der Waals surface area contributed by atoms with Crippen LogP contribution in [0.1, 0.15) is 18.2 Å². The first-order valence-electron chi connectivity index (χ1n) is 5.63. The summed E-state index contributed by atoms with van der Waals surface area (Å²) in [4.78, 5) is 16.0. The Labute approximate surface area is 100 Å². The number of aromatic nitrogens is 1. The first kappa shape index (κ1) is 11.8. The van der Waals surface area contributed by atoms with Gasteiger partial charge in [-0.1, -0.05) is 6.07 Å². The molecule has 1 aromatic heterocycles. The van der Waals surface area contributed by atoms with E-state index in [1.54, 1.807) is 13.1 Å². The molecule has 0 spiro atoms. The number of rotatable bonds is 3. The van der Waals surface area contributed by atoms with Crippen LogP contribution in [0.15, 0.2) is 23.9 Å². The van der Waals surface area contributed by atoms with E-state index >= 15 is 0 Å². The molecule has 0 unspecified atom stereocenters. The van der Waals surface area contributed by atoms with E-state index in [1.807, 2.05) is 19.1 Å². The van der Waals surface area contributed by atoms with Crippen molar-refractivity contribution in [2.75, 3.05) is 19.8 Å². The van der Waals surface area contributed by atoms with Gasteiger partial charge in [0.25, 0.3) is 0 Å². The predicted octanol–water partition coefficient (Wildman–Crippen LogP) is 1.74. The van der Waals surface area contributed by atoms with Crippen LogP contribution < -0.4 is 0 Å². The maximum atomic E-state index is 11.8. The minimum absolute atomic E-state index is 0.289. The minimum atomic E-state index is -0.289. The molecule has 90 valence electrons. The SMILES string of the molecule is CCOC(=O)C1=C(c2cccnc2C)COC1. The predicted molar refractivity (Wildman–Crippen MR) is 63.3 cm³/mol. The molecule has 0 N–H and O–H groups in total. The number of nitrogens with zero attached hydrogens (tertiary/aromatic N) is 1. The zero-order chi connectivity index (χ0) is 12.3. The number of carbonyl (C=O) groups is 1. The Morgan fingerprint density at radius 1 is 1.53 bits per heavy atom. The van der Waals surface area contributed by atoms with Crippen LogP contribution in [-0.2, 0) is 14.3 Å². The highest BCUT2D eigenvalue weighted by Crippen LogP contribution is 2.27. The van der Waals surface area contributed by atoms with Gasteiger partial charge in [0.1, 0.15) is 0 Å². The summed E-state index contributed by atoms with van der Waals surface area (Å²) in [5, 5.41) is 0. The van der Waals surface area contributed by atoms with Crippen LogP contribution in [0.25, 0.3) is 5.57 Å². The standard InChI is InChI=1S/C13H15NO3/c1-3-17-13(15)12-8-16-7-11(12)10-5-4-6-14-9(10)2/h4-6H,3,7-8H2,1-2H3. The fraction of sp³-hybridized carbons (Fsp3) is 0.385. The molecule has 0 bridgehead atoms. The lowest BCUT2D eigenvalue weighted by Crippen LogP contribution is -2.10. The second kappa shape index (κ2) is 5.10. The number of aryl methyl sites for hydroxylation is 1. The van der Waals surface area contributed by atoms with Crippen LogP contribution in [-0.4, -0.2) is 30.8 Å². The molecule has 0 atom stereocenters. The van der Waals surface area contributed by atoms with Crippen molar-refractivity contribution in [2.45, 2.75) is 13.8 Å². The number of pyridine rings is 1. The van der Waals surface area contributed by atoms with Crippen molar-refractivity contribution >= 4 is 11.5 Å². The Kier molecular flexibility index (Phi) is 3.54. The first-order chi connectivity index (χ1) is 8.24. The molecule has 0 saturated heterocycles. The molecule has 4 heteroatoms. The Hall–Kier alpha value is -1.68. The third-order valence-corrected chi connectivity index (χ3v) is 2.71. The molecule has 2 heterocycles. The zero-order valence-electron chi connectivity index (χ0n) is 10.0. The lowest BCUT2D eigenvalue weighted by Gasteiger charge is -2.07. The van der Waals surface area contributed by atoms with Gasteiger partial charge < -0.3 is 9.47 Å². The lowest BCUT2D eigenvalue weighted by molar-refractivity contribution is -0.138. The van der Waals surface area contributed by atoms with Crippen molar-refractivity contribution in [1.29, 1.82) is 0 Å². The van der Waals surface area contributed by atoms with Gasteiger partial charge >= 0.3 is 5.97 Å². The van der Waals surface area contributed by atoms with Crippen molar-refractivity contribution in [3.8, 4) is 0 Å². The highest BCUT2D eigenvalue weighted by Gasteiger charge is 2.24. The van der Waals surface area contributed by atoms with Gasteiger partial charge in [0.05, 0.1) is 25.4 Å². The quantitative estimate of drug-likeness (QED) is 0.746. The summed E-state index contributed by atoms with van der Waals surface area (Å²) in [7, 11) is 0. The molecule has 0 fully saturated rings. The van der Waals surface area contributed by atoms with E-state index in [1.165, 1.54) is 0 Å². The van der Waals surface area contributed by atoms with E-state index in [-0.39, 0.29) is 5.97 Å². The van der Waals surface area contributed by atoms with E-state index < -0.39 is 0 Å². The van der Waals surface area contributed by atoms with E-state index in [4.69, 9.17) is 9.47 Å². The molecule has 2 rings (SSSR count). The average Bonchev–Trinajstić information content (AvgIpc) is 2.79. The molecule has 4 nitrogen and oxygen atoms in total. The molecule has 17 heavy (non-hydrogen) atoms. The van der Waals surface area contributed by atoms with Crippen molar-refractivity contribution in [3.63, 3.8) is 0 Å². The summed E-state index contributed by atoms with van der Waals surface area (Å²) < 4.78 is 10.4. The van der Waals surface area contributed by atoms with Gasteiger partial charge in [-0.05, 0) is 25.5 Å². The van der Waals surface area contributed by atoms with Crippen molar-refractivity contribution in [1.82, 2.24) is 4.98 Å². The molecule has 1 aromatic rings. The van der Waals surface area contributed by atoms with Gasteiger partial charge in [-0.15, -0.1) is 0 Å². The molecule has 0 amide bonds. The van der Waals surface area contributed by atoms with E-state index in [9.17, 15) is 4.79 Å². The Morgan fingerprint density at radius 2 is 2.35 bits per heavy atom. The summed E-state index contributed by atoms with van der Waals surface area (Å²) in [5.41, 5.74) is 3.37. The van der Waals surface area contributed by atoms with Crippen LogP contribution in [0.5, 0.6) is 0 Å². The Balaban J connectivity index is 2.39. The number of ether oxygens (including phenoxy) is 2. The number of hydrogen-bond acceptors (Lipinski definition) is 4. The van der Waals surface area contributed by atoms with Crippen LogP contribution >= 0.6 is 0 Å². The monoisotopic (exact) mass is 233 g/mol. The maximum Gasteiger partial charge on any atom is 0.336 e. The molecule has 0 saturated carbocycles. The van der Waals surface area contributed by atoms with Crippen molar-refractivity contribution in [3.05, 3.63) is 35.2 Å². The highest BCUT2D eigenvalue weighted by atomic mass is 16.5. The molecule has 0 aliphatic carbocycles. The van der Waals surface area contributed by atoms with Crippen molar-refractivity contribution in [2.24, 2.45) is 0 Å². The normalized spacial score (nSPS) is 15.2. The number of hydrogen-bond donors (Lipinski definition) is 0. The van der Waals surface area contributed by atoms with Gasteiger partial charge in [-0.3, -0.25) is 4.98 Å². The van der Waals surface area contributed by atoms with E-state index in [2.05, 4.69) is 4.98 Å². The topological polar surface area (TPSA) is 48.4 Å². The molecule has 1 aliphatic heterocycles. The summed E-state index contributed by atoms with van der Waals surface area (Å²) >= 11 is 0. The van der Waals surface area contributed by atoms with E-state index in [0.29, 0.717) is 25.4 Å². The Bertz CT molecular complexity index is 465. The fourth-order valence-electron chi connectivity index (χ4n) is 1.87. The average molecular weight is 233 g/mol. The first-order valence-corrected chi connectivity index (χ1v) is 5.63. The van der Waals surface area contributed by atoms with Gasteiger partial charge in [0, 0.05) is 17.5 Å². The minimum Gasteiger partial charge on any atom is -0.463 e. The number of carbonyl (C=O) groups excluding carboxylic acids is 1. The highest BCUT2D eigenvalue weighted by molar-refractivity contribution is 5.99. The summed E-state index contributed by atoms with van der Waals surface area (Å²) in [5.74, 6) is -0.289. The van der Waals surface area contributed by atoms with Crippen LogP contribution in [0.2, 0.25) is 0 Å². The largest absolute Gasteiger partial charge is 0.463 e. The fourth-order valence-corrected chi connectivity index (χ4v) is 1.87. The molecular formula is C13H15NO3. The molecular weight excluding hydrogens is 218 g/mol. The summed E-state index contributed by atoms with van der Waals surface area (Å²) in [6, 6.07) is 3.81. The maximum absolute atomic E-state index is 11.8. The second-order valence-corrected chi connectivity index (χ2v) is 3.81. The smallest absolute Gasteiger partial charge is 0.336 e. The number of esters is 1. The molecule has 0 aromatic carbocycles. The van der Waals surface area contributed by atoms with Crippen molar-refractivity contribution < 1.29 is 14.3 Å². The van der Waals surface area contributed by atoms with Gasteiger partial charge in [-0.25, -0.2) is 4.79 Å². The lowest BCUT2D eigenvalue weighted by atomic mass is 10.0. The van der Waals surface area contributed by atoms with Gasteiger partial charge in [0.2, 0.25) is 0 Å². The zero-order valence-corrected chi connectivity index (χ0v) is 10.0. The Morgan fingerprint density at radius 3 is 3.06 bits per heavy atom. The van der Waals surface area contributed by atoms with Crippen LogP contribution in [0, 0.1) is 6.92 Å². The third-order valence-electron chi connectivity index (χ3n) is 2.71. The van der Waals surface area contributed by atoms with Crippen LogP contribution in [0.4, 0.5) is 0 Å².